The number of H-pyrrole nitrogens is 1. The summed E-state index contributed by atoms with van der Waals surface area (Å²) in [6.07, 6.45) is 0.794. The smallest absolute Gasteiger partial charge is 0.305 e. The zero-order valence-corrected chi connectivity index (χ0v) is 29.1. The average Bonchev–Trinajstić information content (AvgIpc) is 3.80. The van der Waals surface area contributed by atoms with Crippen LogP contribution in [0.25, 0.3) is 0 Å². The Morgan fingerprint density at radius 3 is 2.44 bits per heavy atom. The lowest BCUT2D eigenvalue weighted by molar-refractivity contribution is -0.142. The van der Waals surface area contributed by atoms with Gasteiger partial charge in [-0.3, -0.25) is 28.9 Å². The van der Waals surface area contributed by atoms with E-state index in [4.69, 9.17) is 19.7 Å². The van der Waals surface area contributed by atoms with Crippen LogP contribution < -0.4 is 24.8 Å². The number of fused-ring (bicyclic) bond motifs is 9. The quantitative estimate of drug-likeness (QED) is 0.198. The number of amides is 3. The Labute approximate surface area is 294 Å². The van der Waals surface area contributed by atoms with Crippen LogP contribution in [0, 0.1) is 29.6 Å². The number of imide groups is 1. The largest absolute Gasteiger partial charge is 0.490 e. The summed E-state index contributed by atoms with van der Waals surface area (Å²) < 4.78 is 34.8. The van der Waals surface area contributed by atoms with Gasteiger partial charge < -0.3 is 24.9 Å². The van der Waals surface area contributed by atoms with Crippen molar-refractivity contribution in [3.05, 3.63) is 62.6 Å². The molecule has 2 saturated carbocycles. The Balaban J connectivity index is 1.13. The molecule has 1 saturated heterocycles. The number of sulfonamides is 1. The molecular weight excluding hydrogens is 709 g/mol. The molecule has 17 heteroatoms. The highest BCUT2D eigenvalue weighted by atomic mass is 32.2. The molecule has 3 aromatic rings. The number of rotatable bonds is 12. The molecule has 1 aromatic heterocycles. The van der Waals surface area contributed by atoms with Gasteiger partial charge in [0.05, 0.1) is 28.4 Å². The first kappa shape index (κ1) is 34.3. The third kappa shape index (κ3) is 6.09. The molecule has 3 heterocycles. The van der Waals surface area contributed by atoms with Crippen molar-refractivity contribution in [3.63, 3.8) is 0 Å². The van der Waals surface area contributed by atoms with Crippen LogP contribution in [0.3, 0.4) is 0 Å². The Morgan fingerprint density at radius 1 is 1.04 bits per heavy atom. The normalized spacial score (nSPS) is 26.4. The van der Waals surface area contributed by atoms with Crippen LogP contribution in [0.5, 0.6) is 11.5 Å². The fourth-order valence-electron chi connectivity index (χ4n) is 8.23. The molecule has 264 valence electrons. The summed E-state index contributed by atoms with van der Waals surface area (Å²) in [6, 6.07) is 10.8. The first-order valence-electron chi connectivity index (χ1n) is 16.1. The summed E-state index contributed by atoms with van der Waals surface area (Å²) in [6.45, 7) is 1.85. The van der Waals surface area contributed by atoms with Crippen molar-refractivity contribution in [3.8, 4) is 11.5 Å². The molecule has 50 heavy (non-hydrogen) atoms. The van der Waals surface area contributed by atoms with Gasteiger partial charge in [-0.15, -0.1) is 11.8 Å². The molecular formula is C33H34N4O10S3. The number of aliphatic carboxylic acids is 1. The van der Waals surface area contributed by atoms with Gasteiger partial charge in [0.2, 0.25) is 21.8 Å². The number of benzene rings is 2. The molecule has 0 radical (unpaired) electrons. The van der Waals surface area contributed by atoms with Gasteiger partial charge in [-0.1, -0.05) is 17.4 Å². The van der Waals surface area contributed by atoms with Crippen molar-refractivity contribution in [2.24, 2.45) is 34.7 Å². The second-order valence-corrected chi connectivity index (χ2v) is 16.6. The Bertz CT molecular complexity index is 2050. The maximum absolute atomic E-state index is 13.7. The van der Waals surface area contributed by atoms with E-state index < -0.39 is 33.7 Å². The number of hydrogen-bond donors (Lipinski definition) is 4. The van der Waals surface area contributed by atoms with E-state index in [-0.39, 0.29) is 76.5 Å². The zero-order chi connectivity index (χ0) is 35.5. The number of ether oxygens (including phenoxy) is 2. The zero-order valence-electron chi connectivity index (χ0n) is 26.7. The third-order valence-corrected chi connectivity index (χ3v) is 13.6. The summed E-state index contributed by atoms with van der Waals surface area (Å²) in [4.78, 5) is 68.6. The first-order chi connectivity index (χ1) is 23.8. The second-order valence-electron chi connectivity index (χ2n) is 12.8. The minimum Gasteiger partial charge on any atom is -0.490 e. The number of aromatic nitrogens is 1. The summed E-state index contributed by atoms with van der Waals surface area (Å²) >= 11 is 2.71. The summed E-state index contributed by atoms with van der Waals surface area (Å²) in [5.74, 6) is -2.62. The lowest BCUT2D eigenvalue weighted by atomic mass is 9.68. The number of aromatic amines is 1. The topological polar surface area (TPSA) is 215 Å². The van der Waals surface area contributed by atoms with Crippen LogP contribution in [0.1, 0.15) is 42.5 Å². The van der Waals surface area contributed by atoms with E-state index >= 15 is 0 Å². The van der Waals surface area contributed by atoms with Crippen molar-refractivity contribution < 1.29 is 42.2 Å². The molecule has 7 rings (SSSR count). The lowest BCUT2D eigenvalue weighted by Gasteiger charge is -2.43. The molecule has 4 aliphatic rings. The first-order valence-corrected chi connectivity index (χ1v) is 19.4. The highest BCUT2D eigenvalue weighted by molar-refractivity contribution is 8.00. The molecule has 5 N–H and O–H groups in total. The van der Waals surface area contributed by atoms with Crippen LogP contribution in [0.2, 0.25) is 0 Å². The Hall–Kier alpha value is -4.19. The number of nitrogens with one attached hydrogen (secondary N) is 2. The van der Waals surface area contributed by atoms with E-state index in [1.807, 2.05) is 19.1 Å². The maximum Gasteiger partial charge on any atom is 0.305 e. The fraction of sp³-hybridized carbons (Fsp3) is 0.424. The number of hydrogen-bond acceptors (Lipinski definition) is 11. The fourth-order valence-corrected chi connectivity index (χ4v) is 11.6. The number of thiazole rings is 1. The van der Waals surface area contributed by atoms with E-state index in [0.29, 0.717) is 30.2 Å². The van der Waals surface area contributed by atoms with E-state index in [0.717, 1.165) is 26.8 Å². The van der Waals surface area contributed by atoms with Crippen molar-refractivity contribution >= 4 is 62.5 Å². The Kier molecular flexibility index (Phi) is 9.03. The second kappa shape index (κ2) is 13.2. The standard InChI is InChI=1S/C33H34N4O10S3/c1-2-46-21-12-15(5-10-20(21)47-14-22(38)35-16-6-8-17(9-7-16)50(34,44)45)24-25-18-13-19(28(25)48-30-29(24)49-33(43)36-30)27-26(18)31(41)37(32(27)42)11-3-4-23(39)40/h5-10,12,18-19,24-28H,2-4,11,13-14H2,1H3,(H,35,38)(H,36,43)(H,39,40)(H2,34,44,45)/t18?,19?,24-,25?,26?,27?,28?/m1/s1. The van der Waals surface area contributed by atoms with Crippen molar-refractivity contribution in [2.45, 2.75) is 47.3 Å². The molecule has 2 aromatic carbocycles. The number of carbonyl (C=O) groups is 4. The number of carboxylic acid groups (broad SMARTS) is 1. The molecule has 3 fully saturated rings. The van der Waals surface area contributed by atoms with Crippen LogP contribution in [-0.4, -0.2) is 72.1 Å². The van der Waals surface area contributed by atoms with Crippen LogP contribution in [0.4, 0.5) is 5.69 Å². The number of anilines is 1. The number of nitrogens with zero attached hydrogens (tertiary/aromatic N) is 1. The lowest BCUT2D eigenvalue weighted by Crippen LogP contribution is -2.42. The molecule has 7 atom stereocenters. The highest BCUT2D eigenvalue weighted by Crippen LogP contribution is 2.68. The molecule has 3 amide bonds. The molecule has 6 unspecified atom stereocenters. The maximum atomic E-state index is 13.7. The molecule has 0 spiro atoms. The summed E-state index contributed by atoms with van der Waals surface area (Å²) in [5, 5.41) is 17.6. The van der Waals surface area contributed by atoms with Gasteiger partial charge in [0, 0.05) is 34.7 Å². The van der Waals surface area contributed by atoms with Gasteiger partial charge in [0.1, 0.15) is 0 Å². The predicted molar refractivity (Wildman–Crippen MR) is 182 cm³/mol. The van der Waals surface area contributed by atoms with E-state index in [2.05, 4.69) is 10.3 Å². The third-order valence-electron chi connectivity index (χ3n) is 10.0. The van der Waals surface area contributed by atoms with Crippen molar-refractivity contribution in [1.29, 1.82) is 0 Å². The van der Waals surface area contributed by atoms with Crippen LogP contribution in [0.15, 0.2) is 57.2 Å². The number of likely N-dealkylation sites (tertiary alicyclic amines) is 1. The van der Waals surface area contributed by atoms with Crippen LogP contribution >= 0.6 is 23.1 Å². The molecule has 2 aliphatic heterocycles. The van der Waals surface area contributed by atoms with Crippen LogP contribution in [-0.2, 0) is 29.2 Å². The minimum absolute atomic E-state index is 0.0195. The van der Waals surface area contributed by atoms with Gasteiger partial charge in [0.15, 0.2) is 18.1 Å². The van der Waals surface area contributed by atoms with E-state index in [1.54, 1.807) is 17.8 Å². The average molecular weight is 743 g/mol. The number of carbonyl (C=O) groups excluding carboxylic acids is 3. The highest BCUT2D eigenvalue weighted by Gasteiger charge is 2.69. The molecule has 2 aliphatic carbocycles. The van der Waals surface area contributed by atoms with E-state index in [1.165, 1.54) is 29.2 Å². The van der Waals surface area contributed by atoms with Crippen molar-refractivity contribution in [2.75, 3.05) is 25.1 Å². The number of thioether (sulfide) groups is 1. The van der Waals surface area contributed by atoms with Gasteiger partial charge in [-0.25, -0.2) is 13.6 Å². The van der Waals surface area contributed by atoms with Gasteiger partial charge in [-0.2, -0.15) is 0 Å². The monoisotopic (exact) mass is 742 g/mol. The van der Waals surface area contributed by atoms with Gasteiger partial charge >= 0.3 is 10.8 Å². The number of nitrogens with two attached hydrogens (primary N) is 1. The van der Waals surface area contributed by atoms with E-state index in [9.17, 15) is 32.4 Å². The number of carboxylic acids is 1. The van der Waals surface area contributed by atoms with Crippen molar-refractivity contribution in [1.82, 2.24) is 9.88 Å². The molecule has 2 bridgehead atoms. The number of primary sulfonamides is 1. The predicted octanol–water partition coefficient (Wildman–Crippen LogP) is 2.84. The minimum atomic E-state index is -3.87. The summed E-state index contributed by atoms with van der Waals surface area (Å²) in [5.41, 5.74) is 1.21. The van der Waals surface area contributed by atoms with Gasteiger partial charge in [-0.05, 0) is 79.5 Å². The van der Waals surface area contributed by atoms with Gasteiger partial charge in [0.25, 0.3) is 5.91 Å². The molecule has 14 nitrogen and oxygen atoms in total. The summed E-state index contributed by atoms with van der Waals surface area (Å²) in [7, 11) is -3.87. The SMILES string of the molecule is CCOc1cc([C@H]2c3sc(=O)[nH]c3SC3C4CC(C5C(=O)N(CCCC(=O)O)C(=O)C45)C32)ccc1OCC(=O)Nc1ccc(S(N)(=O)=O)cc1. The Morgan fingerprint density at radius 2 is 1.76 bits per heavy atom.